The number of nitrogens with two attached hydrogens (primary N) is 1. The number of likely N-dealkylation sites (tertiary alicyclic amines) is 2. The van der Waals surface area contributed by atoms with Crippen LogP contribution in [-0.4, -0.2) is 118 Å². The van der Waals surface area contributed by atoms with E-state index in [0.717, 1.165) is 67.5 Å². The van der Waals surface area contributed by atoms with Crippen LogP contribution in [0.25, 0.3) is 0 Å². The van der Waals surface area contributed by atoms with E-state index < -0.39 is 23.8 Å². The molecule has 4 aliphatic heterocycles. The van der Waals surface area contributed by atoms with Crippen molar-refractivity contribution in [1.82, 2.24) is 30.0 Å². The van der Waals surface area contributed by atoms with Gasteiger partial charge in [-0.3, -0.25) is 34.8 Å². The number of nitrogens with one attached hydrogen (secondary N) is 3. The molecule has 63 heavy (non-hydrogen) atoms. The lowest BCUT2D eigenvalue weighted by Crippen LogP contribution is -2.62. The molecule has 1 spiro atoms. The maximum absolute atomic E-state index is 13.3. The standard InChI is InChI=1S/C48H56N10O5/c1-31-23-36(9-12-39(31)47(62)58(30-59)40-13-14-41(60)54-46(40)61)57-25-32(26-57)24-55-27-48(28-55)19-15-35(16-20-48)56-21-17-34(18-22-56)53-45-42(44(50)51-29-52-45)43(49)33-7-10-38(11-8-33)63-37-5-3-2-4-6-37/h2-12,23,29-30,32,34-35,40,49H,13-22,24-28H2,1H3,(H,54,60,61)(H3,50,51,52,53). The van der Waals surface area contributed by atoms with Crippen molar-refractivity contribution in [2.75, 3.05) is 61.8 Å². The third kappa shape index (κ3) is 9.03. The summed E-state index contributed by atoms with van der Waals surface area (Å²) in [6.45, 7) is 9.33. The van der Waals surface area contributed by atoms with Gasteiger partial charge in [0.1, 0.15) is 35.5 Å². The Balaban J connectivity index is 0.697. The van der Waals surface area contributed by atoms with Crippen molar-refractivity contribution in [2.45, 2.75) is 76.4 Å². The number of amides is 4. The number of hydrogen-bond donors (Lipinski definition) is 4. The molecule has 4 aromatic rings. The molecular weight excluding hydrogens is 797 g/mol. The van der Waals surface area contributed by atoms with Crippen molar-refractivity contribution in [3.8, 4) is 11.5 Å². The van der Waals surface area contributed by atoms with Crippen LogP contribution in [0.1, 0.15) is 78.4 Å². The smallest absolute Gasteiger partial charge is 0.261 e. The number of carbonyl (C=O) groups excluding carboxylic acids is 4. The van der Waals surface area contributed by atoms with Crippen LogP contribution in [0, 0.1) is 23.7 Å². The largest absolute Gasteiger partial charge is 0.457 e. The van der Waals surface area contributed by atoms with Crippen LogP contribution >= 0.6 is 0 Å². The number of piperidine rings is 2. The van der Waals surface area contributed by atoms with Gasteiger partial charge in [0.05, 0.1) is 11.3 Å². The number of nitrogen functional groups attached to an aromatic ring is 1. The van der Waals surface area contributed by atoms with Crippen molar-refractivity contribution in [1.29, 1.82) is 5.41 Å². The summed E-state index contributed by atoms with van der Waals surface area (Å²) in [6.07, 6.45) is 9.14. The second-order valence-electron chi connectivity index (χ2n) is 18.2. The van der Waals surface area contributed by atoms with E-state index in [4.69, 9.17) is 15.9 Å². The van der Waals surface area contributed by atoms with E-state index in [1.165, 1.54) is 45.1 Å². The number of anilines is 3. The van der Waals surface area contributed by atoms with Crippen molar-refractivity contribution in [3.63, 3.8) is 0 Å². The number of ether oxygens (including phenoxy) is 1. The van der Waals surface area contributed by atoms with E-state index in [0.29, 0.717) is 52.0 Å². The maximum Gasteiger partial charge on any atom is 0.261 e. The first-order valence-corrected chi connectivity index (χ1v) is 22.3. The second-order valence-corrected chi connectivity index (χ2v) is 18.2. The third-order valence-corrected chi connectivity index (χ3v) is 13.9. The van der Waals surface area contributed by atoms with Gasteiger partial charge in [-0.25, -0.2) is 9.97 Å². The van der Waals surface area contributed by atoms with Crippen LogP contribution in [0.3, 0.4) is 0 Å². The molecule has 1 atom stereocenters. The Kier molecular flexibility index (Phi) is 12.0. The molecule has 1 aliphatic carbocycles. The number of rotatable bonds is 13. The fourth-order valence-electron chi connectivity index (χ4n) is 10.4. The van der Waals surface area contributed by atoms with E-state index in [9.17, 15) is 19.2 Å². The first-order valence-electron chi connectivity index (χ1n) is 22.3. The lowest BCUT2D eigenvalue weighted by molar-refractivity contribution is -0.139. The van der Waals surface area contributed by atoms with Crippen molar-refractivity contribution >= 4 is 47.2 Å². The van der Waals surface area contributed by atoms with Gasteiger partial charge in [-0.15, -0.1) is 0 Å². The molecule has 1 saturated carbocycles. The molecule has 5 heterocycles. The molecule has 15 heteroatoms. The van der Waals surface area contributed by atoms with Crippen molar-refractivity contribution < 1.29 is 23.9 Å². The zero-order valence-electron chi connectivity index (χ0n) is 35.8. The maximum atomic E-state index is 13.3. The molecule has 0 bridgehead atoms. The van der Waals surface area contributed by atoms with Gasteiger partial charge in [0.25, 0.3) is 5.91 Å². The lowest BCUT2D eigenvalue weighted by atomic mass is 9.67. The first-order chi connectivity index (χ1) is 30.5. The molecule has 9 rings (SSSR count). The molecule has 4 saturated heterocycles. The van der Waals surface area contributed by atoms with Gasteiger partial charge in [0.15, 0.2) is 0 Å². The molecular formula is C48H56N10O5. The van der Waals surface area contributed by atoms with Gasteiger partial charge in [-0.2, -0.15) is 0 Å². The van der Waals surface area contributed by atoms with E-state index in [1.807, 2.05) is 73.7 Å². The fraction of sp³-hybridized carbons (Fsp3) is 0.438. The fourth-order valence-corrected chi connectivity index (χ4v) is 10.4. The molecule has 1 aromatic heterocycles. The molecule has 15 nitrogen and oxygen atoms in total. The zero-order valence-corrected chi connectivity index (χ0v) is 35.8. The Labute approximate surface area is 367 Å². The van der Waals surface area contributed by atoms with Crippen LogP contribution in [0.5, 0.6) is 11.5 Å². The van der Waals surface area contributed by atoms with Crippen LogP contribution in [0.15, 0.2) is 79.1 Å². The highest BCUT2D eigenvalue weighted by Crippen LogP contribution is 2.46. The lowest BCUT2D eigenvalue weighted by Gasteiger charge is -2.56. The van der Waals surface area contributed by atoms with Gasteiger partial charge in [-0.05, 0) is 117 Å². The van der Waals surface area contributed by atoms with Gasteiger partial charge >= 0.3 is 0 Å². The number of aromatic nitrogens is 2. The number of aryl methyl sites for hydroxylation is 1. The predicted molar refractivity (Wildman–Crippen MR) is 240 cm³/mol. The molecule has 3 aromatic carbocycles. The van der Waals surface area contributed by atoms with Crippen LogP contribution < -0.4 is 26.0 Å². The SMILES string of the molecule is Cc1cc(N2CC(CN3CC4(CCC(N5CCC(Nc6ncnc(N)c6C(=N)c6ccc(Oc7ccccc7)cc6)CC5)CC4)C3)C2)ccc1C(=O)N(C=O)C1CCC(=O)NC1=O. The molecule has 4 amide bonds. The molecule has 5 aliphatic rings. The molecule has 5 fully saturated rings. The summed E-state index contributed by atoms with van der Waals surface area (Å²) in [4.78, 5) is 66.5. The summed E-state index contributed by atoms with van der Waals surface area (Å²) in [7, 11) is 0. The number of imide groups is 2. The van der Waals surface area contributed by atoms with E-state index in [2.05, 4.69) is 35.3 Å². The van der Waals surface area contributed by atoms with Crippen molar-refractivity contribution in [2.24, 2.45) is 11.3 Å². The Morgan fingerprint density at radius 3 is 2.37 bits per heavy atom. The number of nitrogens with zero attached hydrogens (tertiary/aromatic N) is 6. The topological polar surface area (TPSA) is 190 Å². The van der Waals surface area contributed by atoms with Gasteiger partial charge in [-0.1, -0.05) is 18.2 Å². The van der Waals surface area contributed by atoms with Crippen molar-refractivity contribution in [3.05, 3.63) is 101 Å². The average molecular weight is 853 g/mol. The predicted octanol–water partition coefficient (Wildman–Crippen LogP) is 5.24. The highest BCUT2D eigenvalue weighted by molar-refractivity contribution is 6.16. The summed E-state index contributed by atoms with van der Waals surface area (Å²) in [6, 6.07) is 22.6. The second kappa shape index (κ2) is 17.9. The molecule has 0 radical (unpaired) electrons. The Bertz CT molecular complexity index is 2350. The van der Waals surface area contributed by atoms with E-state index in [-0.39, 0.29) is 30.4 Å². The van der Waals surface area contributed by atoms with Gasteiger partial charge in [0, 0.05) is 87.0 Å². The summed E-state index contributed by atoms with van der Waals surface area (Å²) in [5, 5.41) is 14.9. The average Bonchev–Trinajstić information content (AvgIpc) is 3.26. The summed E-state index contributed by atoms with van der Waals surface area (Å²) in [5.41, 5.74) is 10.5. The number of para-hydroxylation sites is 1. The molecule has 328 valence electrons. The highest BCUT2D eigenvalue weighted by Gasteiger charge is 2.47. The van der Waals surface area contributed by atoms with Crippen LogP contribution in [0.4, 0.5) is 17.3 Å². The minimum atomic E-state index is -0.986. The highest BCUT2D eigenvalue weighted by atomic mass is 16.5. The monoisotopic (exact) mass is 852 g/mol. The van der Waals surface area contributed by atoms with Crippen LogP contribution in [-0.2, 0) is 14.4 Å². The minimum absolute atomic E-state index is 0.0891. The van der Waals surface area contributed by atoms with E-state index in [1.54, 1.807) is 6.07 Å². The summed E-state index contributed by atoms with van der Waals surface area (Å²) >= 11 is 0. The quantitative estimate of drug-likeness (QED) is 0.0780. The normalized spacial score (nSPS) is 21.0. The third-order valence-electron chi connectivity index (χ3n) is 13.9. The number of hydrogen-bond acceptors (Lipinski definition) is 13. The zero-order chi connectivity index (χ0) is 43.7. The summed E-state index contributed by atoms with van der Waals surface area (Å²) < 4.78 is 5.94. The Morgan fingerprint density at radius 1 is 0.968 bits per heavy atom. The van der Waals surface area contributed by atoms with Gasteiger partial charge in [0.2, 0.25) is 18.2 Å². The first kappa shape index (κ1) is 42.1. The Morgan fingerprint density at radius 2 is 1.68 bits per heavy atom. The number of benzene rings is 3. The van der Waals surface area contributed by atoms with E-state index >= 15 is 0 Å². The number of carbonyl (C=O) groups is 4. The summed E-state index contributed by atoms with van der Waals surface area (Å²) in [5.74, 6) is 1.39. The molecule has 5 N–H and O–H groups in total. The van der Waals surface area contributed by atoms with Crippen LogP contribution in [0.2, 0.25) is 0 Å². The Hall–Kier alpha value is -6.19. The molecule has 1 unspecified atom stereocenters. The van der Waals surface area contributed by atoms with Gasteiger partial charge < -0.3 is 30.5 Å². The minimum Gasteiger partial charge on any atom is -0.457 e.